The van der Waals surface area contributed by atoms with Crippen molar-refractivity contribution in [1.82, 2.24) is 5.43 Å². The molecule has 0 bridgehead atoms. The van der Waals surface area contributed by atoms with Gasteiger partial charge in [-0.15, -0.1) is 0 Å². The molecule has 1 N–H and O–H groups in total. The monoisotopic (exact) mass is 322 g/mol. The van der Waals surface area contributed by atoms with Gasteiger partial charge in [0.2, 0.25) is 0 Å². The number of carbonyl (C=O) groups excluding carboxylic acids is 2. The van der Waals surface area contributed by atoms with Crippen molar-refractivity contribution in [3.63, 3.8) is 0 Å². The van der Waals surface area contributed by atoms with Crippen LogP contribution in [0.4, 0.5) is 18.9 Å². The minimum absolute atomic E-state index is 0.0752. The van der Waals surface area contributed by atoms with Crippen LogP contribution in [0.15, 0.2) is 52.8 Å². The number of anilines is 1. The van der Waals surface area contributed by atoms with E-state index in [1.54, 1.807) is 6.07 Å². The minimum atomic E-state index is -4.54. The molecule has 23 heavy (non-hydrogen) atoms. The zero-order chi connectivity index (χ0) is 16.6. The number of halogens is 3. The van der Waals surface area contributed by atoms with Crippen molar-refractivity contribution in [1.29, 1.82) is 0 Å². The summed E-state index contributed by atoms with van der Waals surface area (Å²) in [5.74, 6) is -1.44. The van der Waals surface area contributed by atoms with Crippen molar-refractivity contribution in [3.8, 4) is 0 Å². The van der Waals surface area contributed by atoms with Crippen LogP contribution in [-0.4, -0.2) is 11.8 Å². The number of furan rings is 1. The van der Waals surface area contributed by atoms with Crippen LogP contribution in [0, 0.1) is 0 Å². The standard InChI is InChI=1S/C15H9F3N2O3/c16-15(17,18)10-2-1-3-11(7-10)20-14(22)12(13(21)19-20)6-9-4-5-23-8-9/h1-8H,(H,19,21)/b12-6-. The first-order valence-corrected chi connectivity index (χ1v) is 6.43. The van der Waals surface area contributed by atoms with Gasteiger partial charge in [0, 0.05) is 5.56 Å². The molecule has 2 aromatic rings. The number of nitrogens with zero attached hydrogens (tertiary/aromatic N) is 1. The molecule has 0 unspecified atom stereocenters. The summed E-state index contributed by atoms with van der Waals surface area (Å²) < 4.78 is 43.1. The highest BCUT2D eigenvalue weighted by molar-refractivity contribution is 6.31. The summed E-state index contributed by atoms with van der Waals surface area (Å²) >= 11 is 0. The summed E-state index contributed by atoms with van der Waals surface area (Å²) in [7, 11) is 0. The number of nitrogens with one attached hydrogen (secondary N) is 1. The summed E-state index contributed by atoms with van der Waals surface area (Å²) in [5, 5.41) is 0.781. The van der Waals surface area contributed by atoms with Crippen LogP contribution in [0.2, 0.25) is 0 Å². The minimum Gasteiger partial charge on any atom is -0.472 e. The van der Waals surface area contributed by atoms with E-state index in [-0.39, 0.29) is 11.3 Å². The summed E-state index contributed by atoms with van der Waals surface area (Å²) in [6.07, 6.45) is -0.540. The molecule has 0 aliphatic carbocycles. The van der Waals surface area contributed by atoms with Gasteiger partial charge in [-0.05, 0) is 30.3 Å². The molecule has 3 rings (SSSR count). The van der Waals surface area contributed by atoms with Crippen LogP contribution >= 0.6 is 0 Å². The first-order chi connectivity index (χ1) is 10.9. The van der Waals surface area contributed by atoms with Gasteiger partial charge in [0.1, 0.15) is 5.57 Å². The molecule has 5 nitrogen and oxygen atoms in total. The fourth-order valence-electron chi connectivity index (χ4n) is 2.08. The van der Waals surface area contributed by atoms with Crippen LogP contribution in [0.1, 0.15) is 11.1 Å². The Morgan fingerprint density at radius 3 is 2.61 bits per heavy atom. The summed E-state index contributed by atoms with van der Waals surface area (Å²) in [4.78, 5) is 24.1. The third-order valence-corrected chi connectivity index (χ3v) is 3.18. The molecule has 0 radical (unpaired) electrons. The highest BCUT2D eigenvalue weighted by atomic mass is 19.4. The lowest BCUT2D eigenvalue weighted by atomic mass is 10.1. The topological polar surface area (TPSA) is 62.6 Å². The van der Waals surface area contributed by atoms with E-state index >= 15 is 0 Å². The lowest BCUT2D eigenvalue weighted by Gasteiger charge is -2.16. The number of carbonyl (C=O) groups is 2. The van der Waals surface area contributed by atoms with Crippen LogP contribution in [0.25, 0.3) is 6.08 Å². The van der Waals surface area contributed by atoms with E-state index in [1.807, 2.05) is 0 Å². The molecular weight excluding hydrogens is 313 g/mol. The van der Waals surface area contributed by atoms with Crippen LogP contribution in [0.5, 0.6) is 0 Å². The van der Waals surface area contributed by atoms with Gasteiger partial charge in [-0.1, -0.05) is 6.07 Å². The summed E-state index contributed by atoms with van der Waals surface area (Å²) in [6.45, 7) is 0. The number of hydrogen-bond donors (Lipinski definition) is 1. The van der Waals surface area contributed by atoms with E-state index in [9.17, 15) is 22.8 Å². The Kier molecular flexibility index (Phi) is 3.44. The van der Waals surface area contributed by atoms with Gasteiger partial charge in [0.05, 0.1) is 23.8 Å². The lowest BCUT2D eigenvalue weighted by Crippen LogP contribution is -2.35. The number of benzene rings is 1. The molecular formula is C15H9F3N2O3. The number of hydrazine groups is 1. The first-order valence-electron chi connectivity index (χ1n) is 6.43. The maximum absolute atomic E-state index is 12.7. The van der Waals surface area contributed by atoms with Crippen LogP contribution < -0.4 is 10.4 Å². The second-order valence-electron chi connectivity index (χ2n) is 4.74. The van der Waals surface area contributed by atoms with E-state index < -0.39 is 23.6 Å². The molecule has 0 saturated carbocycles. The SMILES string of the molecule is O=C1NN(c2cccc(C(F)(F)F)c2)C(=O)/C1=C\c1ccoc1. The molecule has 118 valence electrons. The smallest absolute Gasteiger partial charge is 0.416 e. The van der Waals surface area contributed by atoms with Crippen molar-refractivity contribution in [3.05, 3.63) is 59.6 Å². The molecule has 1 saturated heterocycles. The highest BCUT2D eigenvalue weighted by Gasteiger charge is 2.36. The second-order valence-corrected chi connectivity index (χ2v) is 4.74. The fraction of sp³-hybridized carbons (Fsp3) is 0.0667. The predicted molar refractivity (Wildman–Crippen MR) is 73.8 cm³/mol. The number of rotatable bonds is 2. The summed E-state index contributed by atoms with van der Waals surface area (Å²) in [6, 6.07) is 5.68. The Labute approximate surface area is 128 Å². The molecule has 2 amide bonds. The van der Waals surface area contributed by atoms with Gasteiger partial charge in [-0.2, -0.15) is 13.2 Å². The second kappa shape index (κ2) is 5.31. The average molecular weight is 322 g/mol. The molecule has 1 aliphatic rings. The maximum atomic E-state index is 12.7. The summed E-state index contributed by atoms with van der Waals surface area (Å²) in [5.41, 5.74) is 1.56. The average Bonchev–Trinajstić information content (AvgIpc) is 3.10. The molecule has 1 aromatic heterocycles. The zero-order valence-electron chi connectivity index (χ0n) is 11.4. The van der Waals surface area contributed by atoms with E-state index in [4.69, 9.17) is 4.42 Å². The van der Waals surface area contributed by atoms with E-state index in [2.05, 4.69) is 5.43 Å². The normalized spacial score (nSPS) is 17.0. The first kappa shape index (κ1) is 14.9. The fourth-order valence-corrected chi connectivity index (χ4v) is 2.08. The molecule has 0 spiro atoms. The third-order valence-electron chi connectivity index (χ3n) is 3.18. The predicted octanol–water partition coefficient (Wildman–Crippen LogP) is 2.76. The Hall–Kier alpha value is -3.03. The Bertz CT molecular complexity index is 795. The van der Waals surface area contributed by atoms with E-state index in [0.717, 1.165) is 23.2 Å². The van der Waals surface area contributed by atoms with Gasteiger partial charge >= 0.3 is 6.18 Å². The Morgan fingerprint density at radius 2 is 1.96 bits per heavy atom. The van der Waals surface area contributed by atoms with E-state index in [1.165, 1.54) is 24.7 Å². The Balaban J connectivity index is 1.94. The van der Waals surface area contributed by atoms with Gasteiger partial charge in [0.15, 0.2) is 0 Å². The number of alkyl halides is 3. The van der Waals surface area contributed by atoms with Crippen molar-refractivity contribution in [2.45, 2.75) is 6.18 Å². The van der Waals surface area contributed by atoms with Crippen molar-refractivity contribution < 1.29 is 27.2 Å². The highest BCUT2D eigenvalue weighted by Crippen LogP contribution is 2.32. The quantitative estimate of drug-likeness (QED) is 0.683. The molecule has 0 atom stereocenters. The molecule has 8 heteroatoms. The molecule has 1 fully saturated rings. The molecule has 1 aliphatic heterocycles. The van der Waals surface area contributed by atoms with Crippen LogP contribution in [-0.2, 0) is 15.8 Å². The van der Waals surface area contributed by atoms with Crippen LogP contribution in [0.3, 0.4) is 0 Å². The van der Waals surface area contributed by atoms with Gasteiger partial charge in [-0.3, -0.25) is 15.0 Å². The molecule has 1 aromatic carbocycles. The van der Waals surface area contributed by atoms with Gasteiger partial charge in [-0.25, -0.2) is 5.01 Å². The molecule has 2 heterocycles. The maximum Gasteiger partial charge on any atom is 0.416 e. The van der Waals surface area contributed by atoms with Gasteiger partial charge in [0.25, 0.3) is 11.8 Å². The zero-order valence-corrected chi connectivity index (χ0v) is 11.4. The van der Waals surface area contributed by atoms with E-state index in [0.29, 0.717) is 5.56 Å². The number of amides is 2. The van der Waals surface area contributed by atoms with Crippen molar-refractivity contribution >= 4 is 23.6 Å². The lowest BCUT2D eigenvalue weighted by molar-refractivity contribution is -0.137. The van der Waals surface area contributed by atoms with Gasteiger partial charge < -0.3 is 4.42 Å². The third kappa shape index (κ3) is 2.83. The number of hydrogen-bond acceptors (Lipinski definition) is 3. The largest absolute Gasteiger partial charge is 0.472 e. The Morgan fingerprint density at radius 1 is 1.17 bits per heavy atom. The van der Waals surface area contributed by atoms with Crippen molar-refractivity contribution in [2.75, 3.05) is 5.01 Å². The van der Waals surface area contributed by atoms with Crippen molar-refractivity contribution in [2.24, 2.45) is 0 Å².